The first-order valence-electron chi connectivity index (χ1n) is 9.66. The molecule has 1 aromatic carbocycles. The number of ether oxygens (including phenoxy) is 3. The van der Waals surface area contributed by atoms with E-state index in [1.54, 1.807) is 7.05 Å². The monoisotopic (exact) mass is 420 g/mol. The average Bonchev–Trinajstić information content (AvgIpc) is 3.07. The number of ketones is 1. The van der Waals surface area contributed by atoms with Crippen molar-refractivity contribution in [2.24, 2.45) is 4.99 Å². The van der Waals surface area contributed by atoms with Crippen LogP contribution in [0.3, 0.4) is 0 Å². The molecule has 2 aliphatic heterocycles. The lowest BCUT2D eigenvalue weighted by molar-refractivity contribution is -0.155. The van der Waals surface area contributed by atoms with E-state index in [2.05, 4.69) is 4.99 Å². The molecule has 8 heteroatoms. The van der Waals surface area contributed by atoms with E-state index in [9.17, 15) is 9.59 Å². The summed E-state index contributed by atoms with van der Waals surface area (Å²) in [5, 5.41) is 0.528. The predicted octanol–water partition coefficient (Wildman–Crippen LogP) is 3.61. The van der Waals surface area contributed by atoms with Gasteiger partial charge in [-0.25, -0.2) is 4.79 Å². The van der Waals surface area contributed by atoms with E-state index in [1.165, 1.54) is 23.6 Å². The molecule has 0 aromatic heterocycles. The van der Waals surface area contributed by atoms with Crippen LogP contribution >= 0.6 is 11.8 Å². The van der Waals surface area contributed by atoms with Crippen LogP contribution < -0.4 is 0 Å². The molecule has 0 N–H and O–H groups in total. The Labute approximate surface area is 175 Å². The standard InChI is InChI=1S/C21H28N2O5S/c1-13(24)17-16(26-12-14-9-7-6-8-10-14)11-15-18(27-17)29-19(22-15)23(5)20(25)28-21(2,3)4/h6-10,15-18H,11-12H2,1-5H3/t15-,16+,17-,18-/m1/s1. The summed E-state index contributed by atoms with van der Waals surface area (Å²) in [5.41, 5.74) is 0.126. The summed E-state index contributed by atoms with van der Waals surface area (Å²) < 4.78 is 17.5. The number of fused-ring (bicyclic) bond motifs is 1. The zero-order valence-electron chi connectivity index (χ0n) is 17.5. The minimum absolute atomic E-state index is 0.0731. The fraction of sp³-hybridized carbons (Fsp3) is 0.571. The quantitative estimate of drug-likeness (QED) is 0.740. The van der Waals surface area contributed by atoms with Crippen LogP contribution in [-0.4, -0.2) is 58.3 Å². The first-order valence-corrected chi connectivity index (χ1v) is 10.5. The van der Waals surface area contributed by atoms with Crippen LogP contribution in [0.2, 0.25) is 0 Å². The maximum absolute atomic E-state index is 12.3. The van der Waals surface area contributed by atoms with Crippen LogP contribution in [0.4, 0.5) is 4.79 Å². The topological polar surface area (TPSA) is 77.4 Å². The smallest absolute Gasteiger partial charge is 0.416 e. The Bertz CT molecular complexity index is 777. The average molecular weight is 421 g/mol. The number of hydrogen-bond donors (Lipinski definition) is 0. The maximum atomic E-state index is 12.3. The number of rotatable bonds is 4. The Kier molecular flexibility index (Phi) is 6.65. The van der Waals surface area contributed by atoms with Crippen molar-refractivity contribution in [3.63, 3.8) is 0 Å². The Morgan fingerprint density at radius 2 is 1.97 bits per heavy atom. The van der Waals surface area contributed by atoms with E-state index in [-0.39, 0.29) is 23.4 Å². The van der Waals surface area contributed by atoms with Crippen LogP contribution in [0.25, 0.3) is 0 Å². The minimum atomic E-state index is -0.645. The number of carbonyl (C=O) groups excluding carboxylic acids is 2. The number of amidine groups is 1. The van der Waals surface area contributed by atoms with Gasteiger partial charge in [-0.1, -0.05) is 42.1 Å². The molecule has 3 rings (SSSR count). The van der Waals surface area contributed by atoms with E-state index in [1.807, 2.05) is 51.1 Å². The first-order chi connectivity index (χ1) is 13.6. The molecule has 1 saturated heterocycles. The van der Waals surface area contributed by atoms with Gasteiger partial charge in [0.15, 0.2) is 11.0 Å². The number of nitrogens with zero attached hydrogens (tertiary/aromatic N) is 2. The summed E-state index contributed by atoms with van der Waals surface area (Å²) in [4.78, 5) is 30.5. The molecular weight excluding hydrogens is 392 g/mol. The third-order valence-electron chi connectivity index (χ3n) is 4.57. The van der Waals surface area contributed by atoms with Gasteiger partial charge in [0.25, 0.3) is 0 Å². The number of hydrogen-bond acceptors (Lipinski definition) is 7. The van der Waals surface area contributed by atoms with Crippen molar-refractivity contribution in [2.75, 3.05) is 7.05 Å². The summed E-state index contributed by atoms with van der Waals surface area (Å²) in [6, 6.07) is 9.62. The number of aliphatic imine (C=N–C) groups is 1. The van der Waals surface area contributed by atoms with Crippen LogP contribution in [0.1, 0.15) is 39.7 Å². The molecule has 158 valence electrons. The van der Waals surface area contributed by atoms with Gasteiger partial charge in [0.1, 0.15) is 17.1 Å². The highest BCUT2D eigenvalue weighted by Gasteiger charge is 2.46. The number of amides is 1. The SMILES string of the molecule is CC(=O)[C@H]1O[C@@H]2SC(N(C)C(=O)OC(C)(C)C)=N[C@@H]2C[C@@H]1OCc1ccccc1. The van der Waals surface area contributed by atoms with E-state index in [4.69, 9.17) is 14.2 Å². The van der Waals surface area contributed by atoms with Crippen molar-refractivity contribution in [2.45, 2.75) is 70.0 Å². The lowest BCUT2D eigenvalue weighted by atomic mass is 9.99. The Balaban J connectivity index is 1.67. The number of Topliss-reactive ketones (excluding diaryl/α,β-unsaturated/α-hetero) is 1. The zero-order chi connectivity index (χ0) is 21.2. The molecule has 2 aliphatic rings. The van der Waals surface area contributed by atoms with Crippen LogP contribution in [-0.2, 0) is 25.6 Å². The summed E-state index contributed by atoms with van der Waals surface area (Å²) in [5.74, 6) is -0.0731. The lowest BCUT2D eigenvalue weighted by Gasteiger charge is -2.35. The van der Waals surface area contributed by atoms with Crippen LogP contribution in [0, 0.1) is 0 Å². The van der Waals surface area contributed by atoms with Crippen molar-refractivity contribution in [1.82, 2.24) is 4.90 Å². The van der Waals surface area contributed by atoms with E-state index < -0.39 is 17.8 Å². The van der Waals surface area contributed by atoms with E-state index >= 15 is 0 Å². The van der Waals surface area contributed by atoms with Crippen molar-refractivity contribution < 1.29 is 23.8 Å². The van der Waals surface area contributed by atoms with Gasteiger partial charge in [-0.3, -0.25) is 14.7 Å². The summed E-state index contributed by atoms with van der Waals surface area (Å²) >= 11 is 1.34. The molecule has 7 nitrogen and oxygen atoms in total. The molecule has 0 unspecified atom stereocenters. The molecule has 29 heavy (non-hydrogen) atoms. The van der Waals surface area contributed by atoms with Gasteiger partial charge in [-0.05, 0) is 33.3 Å². The molecule has 1 fully saturated rings. The van der Waals surface area contributed by atoms with Crippen LogP contribution in [0.5, 0.6) is 0 Å². The molecule has 1 aromatic rings. The first kappa shape index (κ1) is 21.8. The third kappa shape index (κ3) is 5.58. The highest BCUT2D eigenvalue weighted by atomic mass is 32.2. The largest absolute Gasteiger partial charge is 0.443 e. The van der Waals surface area contributed by atoms with Gasteiger partial charge >= 0.3 is 6.09 Å². The lowest BCUT2D eigenvalue weighted by Crippen LogP contribution is -2.48. The number of thioether (sulfide) groups is 1. The molecule has 0 spiro atoms. The Morgan fingerprint density at radius 3 is 2.59 bits per heavy atom. The Hall–Kier alpha value is -1.90. The Morgan fingerprint density at radius 1 is 1.28 bits per heavy atom. The van der Waals surface area contributed by atoms with Gasteiger partial charge in [0.2, 0.25) is 0 Å². The van der Waals surface area contributed by atoms with Crippen molar-refractivity contribution in [3.05, 3.63) is 35.9 Å². The molecule has 0 radical (unpaired) electrons. The summed E-state index contributed by atoms with van der Waals surface area (Å²) in [6.45, 7) is 7.36. The van der Waals surface area contributed by atoms with Gasteiger partial charge in [-0.2, -0.15) is 0 Å². The van der Waals surface area contributed by atoms with Crippen molar-refractivity contribution in [1.29, 1.82) is 0 Å². The predicted molar refractivity (Wildman–Crippen MR) is 112 cm³/mol. The second kappa shape index (κ2) is 8.85. The second-order valence-electron chi connectivity index (χ2n) is 8.24. The van der Waals surface area contributed by atoms with Gasteiger partial charge in [0, 0.05) is 13.5 Å². The number of carbonyl (C=O) groups is 2. The zero-order valence-corrected chi connectivity index (χ0v) is 18.3. The summed E-state index contributed by atoms with van der Waals surface area (Å²) in [6.07, 6.45) is -0.943. The molecule has 1 amide bonds. The van der Waals surface area contributed by atoms with Gasteiger partial charge < -0.3 is 14.2 Å². The van der Waals surface area contributed by atoms with Gasteiger partial charge in [0.05, 0.1) is 18.8 Å². The highest BCUT2D eigenvalue weighted by molar-refractivity contribution is 8.14. The fourth-order valence-corrected chi connectivity index (χ4v) is 4.30. The van der Waals surface area contributed by atoms with E-state index in [0.717, 1.165) is 5.56 Å². The molecule has 0 aliphatic carbocycles. The molecule has 0 saturated carbocycles. The molecule has 2 heterocycles. The normalized spacial score (nSPS) is 26.4. The summed E-state index contributed by atoms with van der Waals surface area (Å²) in [7, 11) is 1.63. The van der Waals surface area contributed by atoms with E-state index in [0.29, 0.717) is 18.2 Å². The maximum Gasteiger partial charge on any atom is 0.416 e. The number of benzene rings is 1. The molecular formula is C21H28N2O5S. The van der Waals surface area contributed by atoms with Crippen LogP contribution in [0.15, 0.2) is 35.3 Å². The minimum Gasteiger partial charge on any atom is -0.443 e. The molecule has 4 atom stereocenters. The van der Waals surface area contributed by atoms with Gasteiger partial charge in [-0.15, -0.1) is 0 Å². The van der Waals surface area contributed by atoms with Crippen molar-refractivity contribution in [3.8, 4) is 0 Å². The molecule has 0 bridgehead atoms. The fourth-order valence-electron chi connectivity index (χ4n) is 3.16. The highest BCUT2D eigenvalue weighted by Crippen LogP contribution is 2.38. The second-order valence-corrected chi connectivity index (χ2v) is 9.31. The van der Waals surface area contributed by atoms with Crippen molar-refractivity contribution >= 4 is 28.8 Å². The third-order valence-corrected chi connectivity index (χ3v) is 5.81.